The lowest BCUT2D eigenvalue weighted by Crippen LogP contribution is -2.07. The normalized spacial score (nSPS) is 34.3. The summed E-state index contributed by atoms with van der Waals surface area (Å²) in [6.07, 6.45) is 8.16. The van der Waals surface area contributed by atoms with Crippen LogP contribution in [-0.2, 0) is 9.53 Å². The van der Waals surface area contributed by atoms with E-state index in [1.807, 2.05) is 0 Å². The Morgan fingerprint density at radius 2 is 2.23 bits per heavy atom. The molecule has 2 nitrogen and oxygen atoms in total. The minimum atomic E-state index is 0.470. The maximum Gasteiger partial charge on any atom is 0.133 e. The van der Waals surface area contributed by atoms with Crippen LogP contribution in [0, 0.1) is 5.92 Å². The molecule has 2 atom stereocenters. The lowest BCUT2D eigenvalue weighted by molar-refractivity contribution is -0.117. The van der Waals surface area contributed by atoms with Gasteiger partial charge in [0.25, 0.3) is 0 Å². The molecule has 1 heterocycles. The predicted octanol–water partition coefficient (Wildman–Crippen LogP) is 2.31. The fraction of sp³-hybridized carbons (Fsp3) is 0.909. The Morgan fingerprint density at radius 1 is 1.31 bits per heavy atom. The van der Waals surface area contributed by atoms with Gasteiger partial charge in [0.05, 0.1) is 6.10 Å². The maximum absolute atomic E-state index is 11.0. The van der Waals surface area contributed by atoms with E-state index in [-0.39, 0.29) is 0 Å². The van der Waals surface area contributed by atoms with Crippen molar-refractivity contribution in [3.8, 4) is 0 Å². The minimum Gasteiger partial charge on any atom is -0.378 e. The first kappa shape index (κ1) is 9.20. The van der Waals surface area contributed by atoms with E-state index in [4.69, 9.17) is 4.74 Å². The summed E-state index contributed by atoms with van der Waals surface area (Å²) in [6, 6.07) is 0. The molecule has 1 saturated heterocycles. The summed E-state index contributed by atoms with van der Waals surface area (Å²) in [5.41, 5.74) is 0. The van der Waals surface area contributed by atoms with Crippen molar-refractivity contribution in [2.24, 2.45) is 5.92 Å². The van der Waals surface area contributed by atoms with E-state index in [9.17, 15) is 4.79 Å². The highest BCUT2D eigenvalue weighted by Gasteiger charge is 2.24. The smallest absolute Gasteiger partial charge is 0.133 e. The van der Waals surface area contributed by atoms with Crippen LogP contribution in [0.1, 0.15) is 44.9 Å². The fourth-order valence-electron chi connectivity index (χ4n) is 2.43. The van der Waals surface area contributed by atoms with Crippen LogP contribution >= 0.6 is 0 Å². The number of carbonyl (C=O) groups is 1. The molecule has 2 unspecified atom stereocenters. The van der Waals surface area contributed by atoms with Crippen LogP contribution < -0.4 is 0 Å². The zero-order chi connectivity index (χ0) is 9.10. The van der Waals surface area contributed by atoms with Gasteiger partial charge in [-0.3, -0.25) is 4.79 Å². The second-order valence-electron chi connectivity index (χ2n) is 4.36. The van der Waals surface area contributed by atoms with Gasteiger partial charge in [-0.05, 0) is 38.0 Å². The van der Waals surface area contributed by atoms with E-state index in [1.54, 1.807) is 0 Å². The van der Waals surface area contributed by atoms with Crippen molar-refractivity contribution < 1.29 is 9.53 Å². The molecule has 0 spiro atoms. The van der Waals surface area contributed by atoms with Gasteiger partial charge < -0.3 is 4.74 Å². The highest BCUT2D eigenvalue weighted by atomic mass is 16.5. The predicted molar refractivity (Wildman–Crippen MR) is 50.6 cm³/mol. The van der Waals surface area contributed by atoms with E-state index >= 15 is 0 Å². The SMILES string of the molecule is O=C1CCC(CCC2CCCO2)C1. The first-order valence-corrected chi connectivity index (χ1v) is 5.48. The molecule has 0 radical (unpaired) electrons. The zero-order valence-electron chi connectivity index (χ0n) is 8.13. The second-order valence-corrected chi connectivity index (χ2v) is 4.36. The number of rotatable bonds is 3. The Labute approximate surface area is 79.7 Å². The lowest BCUT2D eigenvalue weighted by Gasteiger charge is -2.12. The van der Waals surface area contributed by atoms with Crippen molar-refractivity contribution in [2.75, 3.05) is 6.61 Å². The van der Waals surface area contributed by atoms with Gasteiger partial charge in [0.1, 0.15) is 5.78 Å². The average Bonchev–Trinajstić information content (AvgIpc) is 2.71. The molecule has 0 amide bonds. The first-order chi connectivity index (χ1) is 6.34. The standard InChI is InChI=1S/C11H18O2/c12-10-5-3-9(8-10)4-6-11-2-1-7-13-11/h9,11H,1-8H2. The van der Waals surface area contributed by atoms with Gasteiger partial charge in [-0.2, -0.15) is 0 Å². The van der Waals surface area contributed by atoms with Crippen molar-refractivity contribution in [3.05, 3.63) is 0 Å². The average molecular weight is 182 g/mol. The van der Waals surface area contributed by atoms with E-state index in [1.165, 1.54) is 25.7 Å². The summed E-state index contributed by atoms with van der Waals surface area (Å²) < 4.78 is 5.55. The van der Waals surface area contributed by atoms with Crippen molar-refractivity contribution in [3.63, 3.8) is 0 Å². The zero-order valence-corrected chi connectivity index (χ0v) is 8.13. The van der Waals surface area contributed by atoms with Crippen molar-refractivity contribution in [1.82, 2.24) is 0 Å². The molecular weight excluding hydrogens is 164 g/mol. The molecule has 1 aliphatic carbocycles. The van der Waals surface area contributed by atoms with Crippen molar-refractivity contribution >= 4 is 5.78 Å². The molecular formula is C11H18O2. The molecule has 1 aliphatic heterocycles. The van der Waals surface area contributed by atoms with E-state index in [0.717, 1.165) is 25.9 Å². The molecule has 2 fully saturated rings. The third kappa shape index (κ3) is 2.53. The number of hydrogen-bond acceptors (Lipinski definition) is 2. The Kier molecular flexibility index (Phi) is 2.99. The maximum atomic E-state index is 11.0. The third-order valence-electron chi connectivity index (χ3n) is 3.27. The first-order valence-electron chi connectivity index (χ1n) is 5.48. The molecule has 0 aromatic carbocycles. The van der Waals surface area contributed by atoms with Gasteiger partial charge in [0, 0.05) is 19.4 Å². The summed E-state index contributed by atoms with van der Waals surface area (Å²) >= 11 is 0. The Bertz CT molecular complexity index is 183. The van der Waals surface area contributed by atoms with Crippen LogP contribution in [0.5, 0.6) is 0 Å². The van der Waals surface area contributed by atoms with Crippen LogP contribution in [-0.4, -0.2) is 18.5 Å². The third-order valence-corrected chi connectivity index (χ3v) is 3.27. The fourth-order valence-corrected chi connectivity index (χ4v) is 2.43. The molecule has 0 bridgehead atoms. The van der Waals surface area contributed by atoms with Crippen LogP contribution in [0.3, 0.4) is 0 Å². The van der Waals surface area contributed by atoms with Gasteiger partial charge in [-0.25, -0.2) is 0 Å². The van der Waals surface area contributed by atoms with Crippen molar-refractivity contribution in [2.45, 2.75) is 51.0 Å². The van der Waals surface area contributed by atoms with E-state index in [2.05, 4.69) is 0 Å². The quantitative estimate of drug-likeness (QED) is 0.669. The molecule has 74 valence electrons. The Hall–Kier alpha value is -0.370. The summed E-state index contributed by atoms with van der Waals surface area (Å²) in [6.45, 7) is 0.953. The summed E-state index contributed by atoms with van der Waals surface area (Å²) in [4.78, 5) is 11.0. The van der Waals surface area contributed by atoms with Crippen LogP contribution in [0.15, 0.2) is 0 Å². The van der Waals surface area contributed by atoms with E-state index < -0.39 is 0 Å². The van der Waals surface area contributed by atoms with Gasteiger partial charge in [-0.15, -0.1) is 0 Å². The molecule has 0 aromatic rings. The molecule has 13 heavy (non-hydrogen) atoms. The van der Waals surface area contributed by atoms with Crippen LogP contribution in [0.4, 0.5) is 0 Å². The highest BCUT2D eigenvalue weighted by molar-refractivity contribution is 5.80. The van der Waals surface area contributed by atoms with Crippen molar-refractivity contribution in [1.29, 1.82) is 0 Å². The molecule has 2 heteroatoms. The lowest BCUT2D eigenvalue weighted by atomic mass is 9.99. The van der Waals surface area contributed by atoms with Gasteiger partial charge in [-0.1, -0.05) is 0 Å². The van der Waals surface area contributed by atoms with E-state index in [0.29, 0.717) is 17.8 Å². The number of ketones is 1. The number of carbonyl (C=O) groups excluding carboxylic acids is 1. The van der Waals surface area contributed by atoms with Gasteiger partial charge in [0.2, 0.25) is 0 Å². The monoisotopic (exact) mass is 182 g/mol. The largest absolute Gasteiger partial charge is 0.378 e. The minimum absolute atomic E-state index is 0.470. The molecule has 2 aliphatic rings. The Balaban J connectivity index is 1.64. The summed E-state index contributed by atoms with van der Waals surface area (Å²) in [7, 11) is 0. The number of hydrogen-bond donors (Lipinski definition) is 0. The van der Waals surface area contributed by atoms with Gasteiger partial charge in [0.15, 0.2) is 0 Å². The topological polar surface area (TPSA) is 26.3 Å². The molecule has 0 N–H and O–H groups in total. The van der Waals surface area contributed by atoms with Crippen LogP contribution in [0.25, 0.3) is 0 Å². The summed E-state index contributed by atoms with van der Waals surface area (Å²) in [5.74, 6) is 1.15. The second kappa shape index (κ2) is 4.23. The summed E-state index contributed by atoms with van der Waals surface area (Å²) in [5, 5.41) is 0. The number of Topliss-reactive ketones (excluding diaryl/α,β-unsaturated/α-hetero) is 1. The van der Waals surface area contributed by atoms with Gasteiger partial charge >= 0.3 is 0 Å². The number of ether oxygens (including phenoxy) is 1. The Morgan fingerprint density at radius 3 is 2.85 bits per heavy atom. The van der Waals surface area contributed by atoms with Crippen LogP contribution in [0.2, 0.25) is 0 Å². The molecule has 1 saturated carbocycles. The molecule has 0 aromatic heterocycles. The highest BCUT2D eigenvalue weighted by Crippen LogP contribution is 2.28. The molecule has 2 rings (SSSR count).